The van der Waals surface area contributed by atoms with E-state index in [4.69, 9.17) is 5.73 Å². The summed E-state index contributed by atoms with van der Waals surface area (Å²) in [7, 11) is 0. The van der Waals surface area contributed by atoms with E-state index < -0.39 is 17.6 Å². The molecule has 1 saturated heterocycles. The van der Waals surface area contributed by atoms with Crippen LogP contribution in [0, 0.1) is 5.92 Å². The third-order valence-electron chi connectivity index (χ3n) is 5.93. The first kappa shape index (κ1) is 22.5. The van der Waals surface area contributed by atoms with Crippen LogP contribution < -0.4 is 11.1 Å². The molecule has 2 aromatic carbocycles. The fourth-order valence-corrected chi connectivity index (χ4v) is 4.12. The average molecular weight is 480 g/mol. The molecule has 1 aliphatic heterocycles. The van der Waals surface area contributed by atoms with Crippen molar-refractivity contribution in [1.29, 1.82) is 0 Å². The van der Waals surface area contributed by atoms with E-state index in [9.17, 15) is 22.8 Å². The van der Waals surface area contributed by atoms with Crippen LogP contribution >= 0.6 is 0 Å². The number of nitrogens with zero attached hydrogens (tertiary/aromatic N) is 4. The molecule has 3 N–H and O–H groups in total. The monoisotopic (exact) mass is 480 g/mol. The van der Waals surface area contributed by atoms with Crippen LogP contribution in [0.4, 0.5) is 13.2 Å². The standard InChI is InChI=1S/C24H19F3N6O2/c25-24(26,27)15-2-4-17(5-3-15)33-12-30-18-10-13(1-6-20(18)33)22-31-16(11-19(32-22)21(28)34)9-14-7-8-29-23(14)35/h1-6,10-12,14H,7-9H2,(H2,28,34)(H,29,35)/t14-/m1/s1. The van der Waals surface area contributed by atoms with Crippen molar-refractivity contribution in [3.8, 4) is 17.1 Å². The van der Waals surface area contributed by atoms with E-state index >= 15 is 0 Å². The summed E-state index contributed by atoms with van der Waals surface area (Å²) >= 11 is 0. The average Bonchev–Trinajstić information content (AvgIpc) is 3.44. The molecular formula is C24H19F3N6O2. The minimum Gasteiger partial charge on any atom is -0.364 e. The number of primary amides is 1. The van der Waals surface area contributed by atoms with Crippen molar-refractivity contribution in [3.05, 3.63) is 71.8 Å². The summed E-state index contributed by atoms with van der Waals surface area (Å²) in [5.74, 6) is -0.736. The third kappa shape index (κ3) is 4.44. The largest absolute Gasteiger partial charge is 0.416 e. The third-order valence-corrected chi connectivity index (χ3v) is 5.93. The molecule has 1 fully saturated rings. The summed E-state index contributed by atoms with van der Waals surface area (Å²) in [5, 5.41) is 2.78. The molecule has 0 aliphatic carbocycles. The summed E-state index contributed by atoms with van der Waals surface area (Å²) in [4.78, 5) is 37.0. The molecule has 0 spiro atoms. The van der Waals surface area contributed by atoms with Crippen LogP contribution in [0.1, 0.15) is 28.2 Å². The Balaban J connectivity index is 1.49. The predicted molar refractivity (Wildman–Crippen MR) is 120 cm³/mol. The molecular weight excluding hydrogens is 461 g/mol. The van der Waals surface area contributed by atoms with Crippen LogP contribution in [-0.4, -0.2) is 37.9 Å². The molecule has 35 heavy (non-hydrogen) atoms. The number of amides is 2. The number of benzene rings is 2. The molecule has 11 heteroatoms. The number of carbonyl (C=O) groups is 2. The van der Waals surface area contributed by atoms with Crippen LogP contribution in [-0.2, 0) is 17.4 Å². The second-order valence-electron chi connectivity index (χ2n) is 8.28. The lowest BCUT2D eigenvalue weighted by Gasteiger charge is -2.10. The van der Waals surface area contributed by atoms with E-state index in [1.807, 2.05) is 0 Å². The van der Waals surface area contributed by atoms with Crippen LogP contribution in [0.3, 0.4) is 0 Å². The quantitative estimate of drug-likeness (QED) is 0.455. The van der Waals surface area contributed by atoms with Gasteiger partial charge in [0.05, 0.1) is 16.6 Å². The highest BCUT2D eigenvalue weighted by Gasteiger charge is 2.30. The maximum Gasteiger partial charge on any atom is 0.416 e. The van der Waals surface area contributed by atoms with E-state index in [-0.39, 0.29) is 23.3 Å². The van der Waals surface area contributed by atoms with Crippen molar-refractivity contribution in [2.24, 2.45) is 11.7 Å². The van der Waals surface area contributed by atoms with E-state index in [0.29, 0.717) is 47.4 Å². The smallest absolute Gasteiger partial charge is 0.364 e. The van der Waals surface area contributed by atoms with Gasteiger partial charge in [0.2, 0.25) is 5.91 Å². The van der Waals surface area contributed by atoms with Crippen molar-refractivity contribution < 1.29 is 22.8 Å². The minimum atomic E-state index is -4.41. The van der Waals surface area contributed by atoms with Crippen LogP contribution in [0.15, 0.2) is 54.9 Å². The Morgan fingerprint density at radius 3 is 2.54 bits per heavy atom. The molecule has 2 aromatic heterocycles. The zero-order valence-corrected chi connectivity index (χ0v) is 18.2. The van der Waals surface area contributed by atoms with Gasteiger partial charge in [-0.1, -0.05) is 0 Å². The van der Waals surface area contributed by atoms with E-state index in [1.54, 1.807) is 22.8 Å². The molecule has 8 nitrogen and oxygen atoms in total. The Kier molecular flexibility index (Phi) is 5.46. The molecule has 5 rings (SSSR count). The molecule has 0 saturated carbocycles. The van der Waals surface area contributed by atoms with Gasteiger partial charge in [-0.15, -0.1) is 0 Å². The van der Waals surface area contributed by atoms with Gasteiger partial charge in [-0.25, -0.2) is 15.0 Å². The van der Waals surface area contributed by atoms with Gasteiger partial charge in [0.1, 0.15) is 12.0 Å². The zero-order chi connectivity index (χ0) is 24.7. The second kappa shape index (κ2) is 8.49. The molecule has 1 aliphatic rings. The predicted octanol–water partition coefficient (Wildman–Crippen LogP) is 3.28. The number of halogens is 3. The maximum absolute atomic E-state index is 12.9. The second-order valence-corrected chi connectivity index (χ2v) is 8.28. The van der Waals surface area contributed by atoms with Crippen molar-refractivity contribution >= 4 is 22.8 Å². The lowest BCUT2D eigenvalue weighted by atomic mass is 10.0. The molecule has 1 atom stereocenters. The van der Waals surface area contributed by atoms with Gasteiger partial charge >= 0.3 is 6.18 Å². The zero-order valence-electron chi connectivity index (χ0n) is 18.2. The Labute approximate surface area is 197 Å². The van der Waals surface area contributed by atoms with Crippen molar-refractivity contribution in [3.63, 3.8) is 0 Å². The lowest BCUT2D eigenvalue weighted by molar-refractivity contribution is -0.137. The maximum atomic E-state index is 12.9. The molecule has 0 unspecified atom stereocenters. The number of hydrogen-bond donors (Lipinski definition) is 2. The van der Waals surface area contributed by atoms with Gasteiger partial charge in [0.25, 0.3) is 5.91 Å². The Bertz CT molecular complexity index is 1450. The number of alkyl halides is 3. The molecule has 178 valence electrons. The molecule has 0 radical (unpaired) electrons. The lowest BCUT2D eigenvalue weighted by Crippen LogP contribution is -2.21. The van der Waals surface area contributed by atoms with Crippen molar-refractivity contribution in [2.75, 3.05) is 6.54 Å². The number of hydrogen-bond acceptors (Lipinski definition) is 5. The van der Waals surface area contributed by atoms with Crippen LogP contribution in [0.25, 0.3) is 28.1 Å². The number of aromatic nitrogens is 4. The minimum absolute atomic E-state index is 0.0405. The fraction of sp³-hybridized carbons (Fsp3) is 0.208. The topological polar surface area (TPSA) is 116 Å². The van der Waals surface area contributed by atoms with Gasteiger partial charge < -0.3 is 11.1 Å². The SMILES string of the molecule is NC(=O)c1cc(C[C@H]2CCNC2=O)nc(-c2ccc3c(c2)ncn3-c2ccc(C(F)(F)F)cc2)n1. The summed E-state index contributed by atoms with van der Waals surface area (Å²) in [6, 6.07) is 11.5. The summed E-state index contributed by atoms with van der Waals surface area (Å²) in [6.45, 7) is 0.600. The first-order valence-electron chi connectivity index (χ1n) is 10.8. The van der Waals surface area contributed by atoms with Crippen LogP contribution in [0.2, 0.25) is 0 Å². The first-order chi connectivity index (χ1) is 16.7. The summed E-state index contributed by atoms with van der Waals surface area (Å²) < 4.78 is 40.3. The highest BCUT2D eigenvalue weighted by molar-refractivity contribution is 5.91. The Morgan fingerprint density at radius 2 is 1.89 bits per heavy atom. The molecule has 4 aromatic rings. The number of imidazole rings is 1. The van der Waals surface area contributed by atoms with Gasteiger partial charge in [-0.2, -0.15) is 13.2 Å². The van der Waals surface area contributed by atoms with Gasteiger partial charge in [0.15, 0.2) is 5.82 Å². The normalized spacial score (nSPS) is 16.0. The fourth-order valence-electron chi connectivity index (χ4n) is 4.12. The van der Waals surface area contributed by atoms with E-state index in [1.165, 1.54) is 24.5 Å². The highest BCUT2D eigenvalue weighted by atomic mass is 19.4. The highest BCUT2D eigenvalue weighted by Crippen LogP contribution is 2.30. The number of nitrogens with one attached hydrogen (secondary N) is 1. The summed E-state index contributed by atoms with van der Waals surface area (Å²) in [6.07, 6.45) is -1.87. The Morgan fingerprint density at radius 1 is 1.11 bits per heavy atom. The first-order valence-corrected chi connectivity index (χ1v) is 10.8. The number of rotatable bonds is 5. The van der Waals surface area contributed by atoms with Gasteiger partial charge in [-0.3, -0.25) is 14.2 Å². The summed E-state index contributed by atoms with van der Waals surface area (Å²) in [5.41, 5.74) is 7.64. The number of fused-ring (bicyclic) bond motifs is 1. The Hall–Kier alpha value is -4.28. The number of carbonyl (C=O) groups excluding carboxylic acids is 2. The molecule has 2 amide bonds. The van der Waals surface area contributed by atoms with Gasteiger partial charge in [0, 0.05) is 35.8 Å². The molecule has 3 heterocycles. The van der Waals surface area contributed by atoms with Crippen molar-refractivity contribution in [2.45, 2.75) is 19.0 Å². The van der Waals surface area contributed by atoms with E-state index in [0.717, 1.165) is 12.1 Å². The van der Waals surface area contributed by atoms with Gasteiger partial charge in [-0.05, 0) is 55.0 Å². The van der Waals surface area contributed by atoms with E-state index in [2.05, 4.69) is 20.3 Å². The number of nitrogens with two attached hydrogens (primary N) is 1. The van der Waals surface area contributed by atoms with Crippen molar-refractivity contribution in [1.82, 2.24) is 24.8 Å². The molecule has 0 bridgehead atoms. The van der Waals surface area contributed by atoms with Crippen LogP contribution in [0.5, 0.6) is 0 Å².